The minimum Gasteiger partial charge on any atom is -0.368 e. The van der Waals surface area contributed by atoms with Gasteiger partial charge >= 0.3 is 0 Å². The maximum Gasteiger partial charge on any atom is 0.256 e. The van der Waals surface area contributed by atoms with Gasteiger partial charge in [-0.05, 0) is 30.7 Å². The summed E-state index contributed by atoms with van der Waals surface area (Å²) in [5.41, 5.74) is 1.54. The molecule has 6 nitrogen and oxygen atoms in total. The van der Waals surface area contributed by atoms with Crippen LogP contribution >= 0.6 is 0 Å². The first kappa shape index (κ1) is 19.1. The van der Waals surface area contributed by atoms with E-state index in [0.29, 0.717) is 11.5 Å². The van der Waals surface area contributed by atoms with Gasteiger partial charge in [0.25, 0.3) is 5.91 Å². The van der Waals surface area contributed by atoms with Gasteiger partial charge in [-0.2, -0.15) is 0 Å². The van der Waals surface area contributed by atoms with Crippen LogP contribution in [0.3, 0.4) is 0 Å². The van der Waals surface area contributed by atoms with Crippen molar-refractivity contribution in [3.63, 3.8) is 0 Å². The lowest BCUT2D eigenvalue weighted by Gasteiger charge is -2.36. The van der Waals surface area contributed by atoms with Crippen LogP contribution in [0.15, 0.2) is 36.7 Å². The zero-order valence-corrected chi connectivity index (χ0v) is 15.9. The molecule has 0 bridgehead atoms. The third-order valence-electron chi connectivity index (χ3n) is 4.83. The highest BCUT2D eigenvalue weighted by Gasteiger charge is 2.20. The van der Waals surface area contributed by atoms with Gasteiger partial charge < -0.3 is 14.7 Å². The molecule has 144 valence electrons. The van der Waals surface area contributed by atoms with Crippen LogP contribution in [0.25, 0.3) is 0 Å². The van der Waals surface area contributed by atoms with Gasteiger partial charge in [-0.25, -0.2) is 14.4 Å². The van der Waals surface area contributed by atoms with E-state index < -0.39 is 0 Å². The van der Waals surface area contributed by atoms with Gasteiger partial charge in [0.05, 0.1) is 5.56 Å². The summed E-state index contributed by atoms with van der Waals surface area (Å²) in [5.74, 6) is 0.374. The molecule has 0 radical (unpaired) electrons. The van der Waals surface area contributed by atoms with Crippen LogP contribution in [0.4, 0.5) is 16.0 Å². The molecule has 0 unspecified atom stereocenters. The van der Waals surface area contributed by atoms with Gasteiger partial charge in [0, 0.05) is 57.9 Å². The maximum atomic E-state index is 13.1. The lowest BCUT2D eigenvalue weighted by atomic mass is 10.2. The van der Waals surface area contributed by atoms with Crippen molar-refractivity contribution >= 4 is 17.5 Å². The molecule has 0 N–H and O–H groups in total. The zero-order valence-electron chi connectivity index (χ0n) is 15.9. The van der Waals surface area contributed by atoms with Crippen LogP contribution < -0.4 is 9.80 Å². The molecule has 0 atom stereocenters. The molecule has 2 aromatic rings. The average Bonchev–Trinajstić information content (AvgIpc) is 2.72. The van der Waals surface area contributed by atoms with E-state index >= 15 is 0 Å². The predicted octanol–water partition coefficient (Wildman–Crippen LogP) is 2.81. The van der Waals surface area contributed by atoms with Crippen molar-refractivity contribution in [2.75, 3.05) is 49.6 Å². The van der Waals surface area contributed by atoms with Gasteiger partial charge in [-0.15, -0.1) is 0 Å². The summed E-state index contributed by atoms with van der Waals surface area (Å²) in [6.45, 7) is 6.03. The van der Waals surface area contributed by atoms with E-state index in [9.17, 15) is 9.18 Å². The summed E-state index contributed by atoms with van der Waals surface area (Å²) in [4.78, 5) is 27.2. The van der Waals surface area contributed by atoms with E-state index in [1.807, 2.05) is 0 Å². The molecule has 2 heterocycles. The largest absolute Gasteiger partial charge is 0.368 e. The Kier molecular flexibility index (Phi) is 6.21. The number of hydrogen-bond acceptors (Lipinski definition) is 5. The van der Waals surface area contributed by atoms with Gasteiger partial charge in [0.2, 0.25) is 5.95 Å². The second-order valence-corrected chi connectivity index (χ2v) is 6.80. The standard InChI is InChI=1S/C20H26FN5O/c1-3-4-9-24(2)19(27)16-14-22-20(23-15-16)26-12-10-25(11-13-26)18-7-5-17(21)6-8-18/h5-8,14-15H,3-4,9-13H2,1-2H3. The highest BCUT2D eigenvalue weighted by Crippen LogP contribution is 2.19. The number of carbonyl (C=O) groups is 1. The smallest absolute Gasteiger partial charge is 0.256 e. The Bertz CT molecular complexity index is 742. The van der Waals surface area contributed by atoms with E-state index in [1.165, 1.54) is 12.1 Å². The second-order valence-electron chi connectivity index (χ2n) is 6.80. The van der Waals surface area contributed by atoms with Crippen LogP contribution in [0.1, 0.15) is 30.1 Å². The Hall–Kier alpha value is -2.70. The number of anilines is 2. The van der Waals surface area contributed by atoms with Gasteiger partial charge in [-0.1, -0.05) is 13.3 Å². The Morgan fingerprint density at radius 1 is 1.07 bits per heavy atom. The first-order chi connectivity index (χ1) is 13.1. The number of unbranched alkanes of at least 4 members (excludes halogenated alkanes) is 1. The van der Waals surface area contributed by atoms with Crippen LogP contribution in [0.5, 0.6) is 0 Å². The number of halogens is 1. The van der Waals surface area contributed by atoms with E-state index in [-0.39, 0.29) is 11.7 Å². The Balaban J connectivity index is 1.57. The lowest BCUT2D eigenvalue weighted by Crippen LogP contribution is -2.47. The summed E-state index contributed by atoms with van der Waals surface area (Å²) >= 11 is 0. The number of carbonyl (C=O) groups excluding carboxylic acids is 1. The van der Waals surface area contributed by atoms with Crippen molar-refractivity contribution in [2.24, 2.45) is 0 Å². The van der Waals surface area contributed by atoms with Crippen molar-refractivity contribution in [2.45, 2.75) is 19.8 Å². The van der Waals surface area contributed by atoms with Crippen molar-refractivity contribution in [3.8, 4) is 0 Å². The third kappa shape index (κ3) is 4.72. The van der Waals surface area contributed by atoms with Crippen LogP contribution in [0.2, 0.25) is 0 Å². The first-order valence-corrected chi connectivity index (χ1v) is 9.41. The van der Waals surface area contributed by atoms with Crippen LogP contribution in [-0.2, 0) is 0 Å². The normalized spacial score (nSPS) is 14.3. The van der Waals surface area contributed by atoms with Gasteiger partial charge in [0.1, 0.15) is 5.82 Å². The number of piperazine rings is 1. The molecule has 1 saturated heterocycles. The molecule has 0 aliphatic carbocycles. The number of rotatable bonds is 6. The van der Waals surface area contributed by atoms with E-state index in [1.54, 1.807) is 36.5 Å². The van der Waals surface area contributed by atoms with E-state index in [2.05, 4.69) is 26.7 Å². The number of amides is 1. The third-order valence-corrected chi connectivity index (χ3v) is 4.83. The summed E-state index contributed by atoms with van der Waals surface area (Å²) in [7, 11) is 1.81. The molecular formula is C20H26FN5O. The van der Waals surface area contributed by atoms with Gasteiger partial charge in [0.15, 0.2) is 0 Å². The predicted molar refractivity (Wildman–Crippen MR) is 105 cm³/mol. The fourth-order valence-electron chi connectivity index (χ4n) is 3.13. The topological polar surface area (TPSA) is 52.6 Å². The molecule has 1 amide bonds. The average molecular weight is 371 g/mol. The number of aromatic nitrogens is 2. The first-order valence-electron chi connectivity index (χ1n) is 9.41. The highest BCUT2D eigenvalue weighted by molar-refractivity contribution is 5.93. The molecule has 0 spiro atoms. The molecule has 0 saturated carbocycles. The Labute approximate surface area is 159 Å². The molecule has 1 fully saturated rings. The lowest BCUT2D eigenvalue weighted by molar-refractivity contribution is 0.0792. The van der Waals surface area contributed by atoms with E-state index in [0.717, 1.165) is 51.3 Å². The monoisotopic (exact) mass is 371 g/mol. The maximum absolute atomic E-state index is 13.1. The SMILES string of the molecule is CCCCN(C)C(=O)c1cnc(N2CCN(c3ccc(F)cc3)CC2)nc1. The van der Waals surface area contributed by atoms with Crippen molar-refractivity contribution in [1.29, 1.82) is 0 Å². The Morgan fingerprint density at radius 2 is 1.67 bits per heavy atom. The number of benzene rings is 1. The summed E-state index contributed by atoms with van der Waals surface area (Å²) in [6, 6.07) is 6.57. The fourth-order valence-corrected chi connectivity index (χ4v) is 3.13. The number of hydrogen-bond donors (Lipinski definition) is 0. The highest BCUT2D eigenvalue weighted by atomic mass is 19.1. The molecule has 1 aromatic heterocycles. The van der Waals surface area contributed by atoms with Crippen LogP contribution in [0, 0.1) is 5.82 Å². The molecule has 7 heteroatoms. The molecular weight excluding hydrogens is 345 g/mol. The fraction of sp³-hybridized carbons (Fsp3) is 0.450. The van der Waals surface area contributed by atoms with Crippen LogP contribution in [-0.4, -0.2) is 60.5 Å². The summed E-state index contributed by atoms with van der Waals surface area (Å²) in [5, 5.41) is 0. The quantitative estimate of drug-likeness (QED) is 0.782. The summed E-state index contributed by atoms with van der Waals surface area (Å²) in [6.07, 6.45) is 5.26. The molecule has 1 aliphatic heterocycles. The molecule has 1 aliphatic rings. The Morgan fingerprint density at radius 3 is 2.26 bits per heavy atom. The minimum atomic E-state index is -0.222. The van der Waals surface area contributed by atoms with Crippen molar-refractivity contribution in [1.82, 2.24) is 14.9 Å². The molecule has 27 heavy (non-hydrogen) atoms. The van der Waals surface area contributed by atoms with Crippen molar-refractivity contribution in [3.05, 3.63) is 48.0 Å². The van der Waals surface area contributed by atoms with E-state index in [4.69, 9.17) is 0 Å². The minimum absolute atomic E-state index is 0.0453. The van der Waals surface area contributed by atoms with Crippen molar-refractivity contribution < 1.29 is 9.18 Å². The zero-order chi connectivity index (χ0) is 19.2. The molecule has 1 aromatic carbocycles. The number of nitrogens with zero attached hydrogens (tertiary/aromatic N) is 5. The molecule has 3 rings (SSSR count). The van der Waals surface area contributed by atoms with Gasteiger partial charge in [-0.3, -0.25) is 4.79 Å². The second kappa shape index (κ2) is 8.79. The summed E-state index contributed by atoms with van der Waals surface area (Å²) < 4.78 is 13.1.